The molecule has 0 aliphatic carbocycles. The highest BCUT2D eigenvalue weighted by molar-refractivity contribution is 6.30. The highest BCUT2D eigenvalue weighted by atomic mass is 35.5. The largest absolute Gasteiger partial charge is 0.444 e. The van der Waals surface area contributed by atoms with Gasteiger partial charge in [-0.3, -0.25) is 9.69 Å². The second-order valence-corrected chi connectivity index (χ2v) is 9.90. The number of carbonyl (C=O) groups excluding carboxylic acids is 2. The Morgan fingerprint density at radius 3 is 2.30 bits per heavy atom. The molecule has 0 unspecified atom stereocenters. The molecule has 1 aliphatic rings. The maximum Gasteiger partial charge on any atom is 0.408 e. The Kier molecular flexibility index (Phi) is 8.98. The first-order valence-corrected chi connectivity index (χ1v) is 11.2. The molecule has 0 radical (unpaired) electrons. The van der Waals surface area contributed by atoms with E-state index in [9.17, 15) is 9.59 Å². The highest BCUT2D eigenvalue weighted by Crippen LogP contribution is 2.19. The van der Waals surface area contributed by atoms with Crippen LogP contribution in [0.3, 0.4) is 0 Å². The van der Waals surface area contributed by atoms with E-state index in [1.807, 2.05) is 26.0 Å². The summed E-state index contributed by atoms with van der Waals surface area (Å²) in [5.74, 6) is 0.267. The van der Waals surface area contributed by atoms with Crippen molar-refractivity contribution >= 4 is 23.6 Å². The molecule has 7 heteroatoms. The minimum atomic E-state index is -0.607. The first-order chi connectivity index (χ1) is 14.0. The van der Waals surface area contributed by atoms with Gasteiger partial charge in [-0.15, -0.1) is 0 Å². The van der Waals surface area contributed by atoms with Crippen LogP contribution in [-0.2, 0) is 16.1 Å². The number of hydrogen-bond acceptors (Lipinski definition) is 4. The number of halogens is 1. The number of nitrogens with zero attached hydrogens (tertiary/aromatic N) is 1. The fraction of sp³-hybridized carbons (Fsp3) is 0.652. The van der Waals surface area contributed by atoms with E-state index in [4.69, 9.17) is 16.3 Å². The normalized spacial score (nSPS) is 16.9. The third-order valence-electron chi connectivity index (χ3n) is 5.21. The van der Waals surface area contributed by atoms with Gasteiger partial charge in [-0.1, -0.05) is 37.6 Å². The molecule has 0 aromatic heterocycles. The number of benzene rings is 1. The van der Waals surface area contributed by atoms with Crippen LogP contribution in [0.5, 0.6) is 0 Å². The monoisotopic (exact) mass is 437 g/mol. The van der Waals surface area contributed by atoms with Crippen molar-refractivity contribution in [1.82, 2.24) is 15.5 Å². The van der Waals surface area contributed by atoms with Crippen LogP contribution in [0.15, 0.2) is 24.3 Å². The first kappa shape index (κ1) is 24.5. The average molecular weight is 438 g/mol. The van der Waals surface area contributed by atoms with Gasteiger partial charge in [0.25, 0.3) is 0 Å². The standard InChI is InChI=1S/C23H36ClN3O3/c1-16(2)20(26-22(29)30-23(3,4)5)21(28)25-14-17-10-12-27(13-11-17)15-18-6-8-19(24)9-7-18/h6-9,16-17,20H,10-15H2,1-5H3,(H,25,28)(H,26,29)/t20-/m0/s1. The molecule has 1 aromatic rings. The molecule has 1 atom stereocenters. The molecule has 1 aliphatic heterocycles. The average Bonchev–Trinajstić information content (AvgIpc) is 2.65. The molecule has 6 nitrogen and oxygen atoms in total. The Morgan fingerprint density at radius 1 is 1.17 bits per heavy atom. The Balaban J connectivity index is 1.75. The summed E-state index contributed by atoms with van der Waals surface area (Å²) in [5, 5.41) is 6.50. The Bertz CT molecular complexity index is 693. The summed E-state index contributed by atoms with van der Waals surface area (Å²) >= 11 is 5.95. The van der Waals surface area contributed by atoms with Crippen molar-refractivity contribution < 1.29 is 14.3 Å². The van der Waals surface area contributed by atoms with E-state index in [0.29, 0.717) is 12.5 Å². The van der Waals surface area contributed by atoms with E-state index in [2.05, 4.69) is 27.7 Å². The summed E-state index contributed by atoms with van der Waals surface area (Å²) in [7, 11) is 0. The summed E-state index contributed by atoms with van der Waals surface area (Å²) < 4.78 is 5.29. The van der Waals surface area contributed by atoms with Gasteiger partial charge < -0.3 is 15.4 Å². The van der Waals surface area contributed by atoms with Gasteiger partial charge in [0, 0.05) is 18.1 Å². The van der Waals surface area contributed by atoms with Crippen LogP contribution in [-0.4, -0.2) is 48.2 Å². The smallest absolute Gasteiger partial charge is 0.408 e. The minimum absolute atomic E-state index is 0.0289. The fourth-order valence-electron chi connectivity index (χ4n) is 3.52. The summed E-state index contributed by atoms with van der Waals surface area (Å²) in [6.07, 6.45) is 1.52. The number of hydrogen-bond donors (Lipinski definition) is 2. The van der Waals surface area contributed by atoms with E-state index in [-0.39, 0.29) is 11.8 Å². The molecule has 1 fully saturated rings. The lowest BCUT2D eigenvalue weighted by Crippen LogP contribution is -2.52. The molecule has 2 rings (SSSR count). The van der Waals surface area contributed by atoms with Crippen LogP contribution in [0.25, 0.3) is 0 Å². The van der Waals surface area contributed by atoms with Gasteiger partial charge in [0.2, 0.25) is 5.91 Å². The number of ether oxygens (including phenoxy) is 1. The number of piperidine rings is 1. The zero-order chi connectivity index (χ0) is 22.3. The Hall–Kier alpha value is -1.79. The summed E-state index contributed by atoms with van der Waals surface area (Å²) in [6, 6.07) is 7.38. The predicted molar refractivity (Wildman–Crippen MR) is 120 cm³/mol. The van der Waals surface area contributed by atoms with E-state index in [1.165, 1.54) is 5.56 Å². The molecule has 1 heterocycles. The van der Waals surface area contributed by atoms with Crippen LogP contribution in [0.4, 0.5) is 4.79 Å². The molecule has 0 spiro atoms. The third kappa shape index (κ3) is 8.52. The van der Waals surface area contributed by atoms with Gasteiger partial charge in [0.05, 0.1) is 0 Å². The van der Waals surface area contributed by atoms with Crippen molar-refractivity contribution in [3.63, 3.8) is 0 Å². The summed E-state index contributed by atoms with van der Waals surface area (Å²) in [5.41, 5.74) is 0.668. The number of amides is 2. The van der Waals surface area contributed by atoms with Gasteiger partial charge in [0.1, 0.15) is 11.6 Å². The van der Waals surface area contributed by atoms with Crippen LogP contribution in [0.1, 0.15) is 53.0 Å². The SMILES string of the molecule is CC(C)[C@H](NC(=O)OC(C)(C)C)C(=O)NCC1CCN(Cc2ccc(Cl)cc2)CC1. The lowest BCUT2D eigenvalue weighted by molar-refractivity contribution is -0.124. The lowest BCUT2D eigenvalue weighted by Gasteiger charge is -2.32. The molecular formula is C23H36ClN3O3. The second kappa shape index (κ2) is 11.0. The molecular weight excluding hydrogens is 402 g/mol. The van der Waals surface area contributed by atoms with Crippen molar-refractivity contribution in [3.8, 4) is 0 Å². The molecule has 2 amide bonds. The third-order valence-corrected chi connectivity index (χ3v) is 5.46. The van der Waals surface area contributed by atoms with Crippen LogP contribution >= 0.6 is 11.6 Å². The molecule has 168 valence electrons. The van der Waals surface area contributed by atoms with Crippen molar-refractivity contribution in [2.75, 3.05) is 19.6 Å². The number of alkyl carbamates (subject to hydrolysis) is 1. The number of rotatable bonds is 7. The Labute approximate surface area is 185 Å². The van der Waals surface area contributed by atoms with Gasteiger partial charge in [-0.2, -0.15) is 0 Å². The van der Waals surface area contributed by atoms with E-state index < -0.39 is 17.7 Å². The number of likely N-dealkylation sites (tertiary alicyclic amines) is 1. The molecule has 0 saturated carbocycles. The maximum absolute atomic E-state index is 12.7. The topological polar surface area (TPSA) is 70.7 Å². The van der Waals surface area contributed by atoms with Crippen molar-refractivity contribution in [2.45, 2.75) is 65.6 Å². The molecule has 1 saturated heterocycles. The van der Waals surface area contributed by atoms with Crippen LogP contribution in [0.2, 0.25) is 5.02 Å². The first-order valence-electron chi connectivity index (χ1n) is 10.8. The lowest BCUT2D eigenvalue weighted by atomic mass is 9.96. The zero-order valence-electron chi connectivity index (χ0n) is 18.8. The van der Waals surface area contributed by atoms with Gasteiger partial charge in [0.15, 0.2) is 0 Å². The second-order valence-electron chi connectivity index (χ2n) is 9.46. The number of nitrogens with one attached hydrogen (secondary N) is 2. The zero-order valence-corrected chi connectivity index (χ0v) is 19.6. The van der Waals surface area contributed by atoms with Crippen LogP contribution in [0, 0.1) is 11.8 Å². The van der Waals surface area contributed by atoms with Crippen molar-refractivity contribution in [1.29, 1.82) is 0 Å². The van der Waals surface area contributed by atoms with Gasteiger partial charge in [-0.05, 0) is 76.2 Å². The molecule has 30 heavy (non-hydrogen) atoms. The summed E-state index contributed by atoms with van der Waals surface area (Å²) in [6.45, 7) is 12.8. The molecule has 2 N–H and O–H groups in total. The fourth-order valence-corrected chi connectivity index (χ4v) is 3.65. The van der Waals surface area contributed by atoms with Crippen LogP contribution < -0.4 is 10.6 Å². The molecule has 1 aromatic carbocycles. The summed E-state index contributed by atoms with van der Waals surface area (Å²) in [4.78, 5) is 27.2. The van der Waals surface area contributed by atoms with Crippen molar-refractivity contribution in [2.24, 2.45) is 11.8 Å². The highest BCUT2D eigenvalue weighted by Gasteiger charge is 2.28. The Morgan fingerprint density at radius 2 is 1.77 bits per heavy atom. The van der Waals surface area contributed by atoms with E-state index >= 15 is 0 Å². The maximum atomic E-state index is 12.7. The van der Waals surface area contributed by atoms with Gasteiger partial charge >= 0.3 is 6.09 Å². The van der Waals surface area contributed by atoms with E-state index in [0.717, 1.165) is 37.5 Å². The molecule has 0 bridgehead atoms. The minimum Gasteiger partial charge on any atom is -0.444 e. The quantitative estimate of drug-likeness (QED) is 0.670. The number of carbonyl (C=O) groups is 2. The predicted octanol–water partition coefficient (Wildman–Crippen LogP) is 4.22. The van der Waals surface area contributed by atoms with Crippen molar-refractivity contribution in [3.05, 3.63) is 34.9 Å². The van der Waals surface area contributed by atoms with E-state index in [1.54, 1.807) is 20.8 Å². The van der Waals surface area contributed by atoms with Gasteiger partial charge in [-0.25, -0.2) is 4.79 Å².